The van der Waals surface area contributed by atoms with Crippen molar-refractivity contribution in [2.24, 2.45) is 0 Å². The van der Waals surface area contributed by atoms with Gasteiger partial charge in [-0.25, -0.2) is 0 Å². The molecular formula is C17H24N4O4. The fraction of sp³-hybridized carbons (Fsp3) is 0.588. The van der Waals surface area contributed by atoms with E-state index in [4.69, 9.17) is 13.7 Å². The molecule has 1 aliphatic rings. The lowest BCUT2D eigenvalue weighted by Crippen LogP contribution is -2.48. The molecule has 1 unspecified atom stereocenters. The van der Waals surface area contributed by atoms with Crippen LogP contribution in [0.4, 0.5) is 0 Å². The maximum Gasteiger partial charge on any atom is 0.289 e. The van der Waals surface area contributed by atoms with Crippen molar-refractivity contribution in [2.45, 2.75) is 33.4 Å². The molecule has 8 heteroatoms. The number of rotatable bonds is 6. The molecule has 1 saturated heterocycles. The van der Waals surface area contributed by atoms with E-state index < -0.39 is 0 Å². The van der Waals surface area contributed by atoms with Crippen LogP contribution >= 0.6 is 0 Å². The Bertz CT molecular complexity index is 703. The van der Waals surface area contributed by atoms with E-state index >= 15 is 0 Å². The van der Waals surface area contributed by atoms with Crippen molar-refractivity contribution in [3.8, 4) is 0 Å². The molecule has 0 spiro atoms. The van der Waals surface area contributed by atoms with E-state index in [9.17, 15) is 4.79 Å². The topological polar surface area (TPSA) is 84.8 Å². The van der Waals surface area contributed by atoms with Crippen LogP contribution in [0.1, 0.15) is 47.8 Å². The third-order valence-electron chi connectivity index (χ3n) is 4.34. The Labute approximate surface area is 146 Å². The number of furan rings is 1. The fourth-order valence-electron chi connectivity index (χ4n) is 2.86. The summed E-state index contributed by atoms with van der Waals surface area (Å²) >= 11 is 0. The number of nitrogens with zero attached hydrogens (tertiary/aromatic N) is 4. The van der Waals surface area contributed by atoms with Gasteiger partial charge in [0.1, 0.15) is 6.10 Å². The van der Waals surface area contributed by atoms with Crippen molar-refractivity contribution in [3.63, 3.8) is 0 Å². The molecule has 3 rings (SSSR count). The average Bonchev–Trinajstić information content (AvgIpc) is 3.24. The third-order valence-corrected chi connectivity index (χ3v) is 4.34. The lowest BCUT2D eigenvalue weighted by molar-refractivity contribution is 0.0584. The zero-order valence-electron chi connectivity index (χ0n) is 14.9. The summed E-state index contributed by atoms with van der Waals surface area (Å²) in [4.78, 5) is 20.8. The largest absolute Gasteiger partial charge is 0.459 e. The molecular weight excluding hydrogens is 324 g/mol. The van der Waals surface area contributed by atoms with Gasteiger partial charge in [-0.3, -0.25) is 9.69 Å². The molecule has 2 aromatic heterocycles. The molecule has 25 heavy (non-hydrogen) atoms. The van der Waals surface area contributed by atoms with E-state index in [0.29, 0.717) is 43.7 Å². The molecule has 2 aromatic rings. The third kappa shape index (κ3) is 4.08. The number of carbonyl (C=O) groups excluding carboxylic acids is 1. The molecule has 1 fully saturated rings. The summed E-state index contributed by atoms with van der Waals surface area (Å²) in [6.45, 7) is 9.70. The average molecular weight is 348 g/mol. The molecule has 0 aromatic carbocycles. The summed E-state index contributed by atoms with van der Waals surface area (Å²) < 4.78 is 16.1. The lowest BCUT2D eigenvalue weighted by atomic mass is 10.2. The minimum atomic E-state index is -0.173. The number of aromatic nitrogens is 2. The molecule has 0 aliphatic carbocycles. The lowest BCUT2D eigenvalue weighted by Gasteiger charge is -2.33. The van der Waals surface area contributed by atoms with Gasteiger partial charge in [0.05, 0.1) is 12.8 Å². The van der Waals surface area contributed by atoms with Crippen LogP contribution in [0.3, 0.4) is 0 Å². The van der Waals surface area contributed by atoms with Crippen molar-refractivity contribution in [1.29, 1.82) is 0 Å². The Hall–Kier alpha value is -2.19. The first kappa shape index (κ1) is 17.6. The number of aryl methyl sites for hydroxylation is 1. The smallest absolute Gasteiger partial charge is 0.289 e. The zero-order valence-corrected chi connectivity index (χ0v) is 14.9. The zero-order chi connectivity index (χ0) is 17.8. The normalized spacial score (nSPS) is 17.0. The van der Waals surface area contributed by atoms with Gasteiger partial charge in [-0.1, -0.05) is 5.16 Å². The van der Waals surface area contributed by atoms with Crippen LogP contribution in [0, 0.1) is 6.92 Å². The number of hydrogen-bond donors (Lipinski definition) is 0. The van der Waals surface area contributed by atoms with Crippen LogP contribution in [0.15, 0.2) is 21.3 Å². The number of ether oxygens (including phenoxy) is 1. The Balaban J connectivity index is 1.51. The van der Waals surface area contributed by atoms with Gasteiger partial charge in [0.2, 0.25) is 5.89 Å². The van der Waals surface area contributed by atoms with E-state index in [1.54, 1.807) is 12.3 Å². The van der Waals surface area contributed by atoms with Crippen LogP contribution in [-0.2, 0) is 11.3 Å². The van der Waals surface area contributed by atoms with Gasteiger partial charge in [0.15, 0.2) is 11.6 Å². The van der Waals surface area contributed by atoms with Gasteiger partial charge in [0.25, 0.3) is 5.91 Å². The quantitative estimate of drug-likeness (QED) is 0.789. The summed E-state index contributed by atoms with van der Waals surface area (Å²) in [6, 6.07) is 1.81. The van der Waals surface area contributed by atoms with Crippen LogP contribution < -0.4 is 0 Å². The van der Waals surface area contributed by atoms with Gasteiger partial charge < -0.3 is 18.6 Å². The van der Waals surface area contributed by atoms with Gasteiger partial charge in [-0.15, -0.1) is 0 Å². The van der Waals surface area contributed by atoms with Gasteiger partial charge >= 0.3 is 0 Å². The first-order valence-electron chi connectivity index (χ1n) is 8.58. The van der Waals surface area contributed by atoms with Crippen molar-refractivity contribution in [1.82, 2.24) is 19.9 Å². The maximum atomic E-state index is 12.4. The predicted octanol–water partition coefficient (Wildman–Crippen LogP) is 2.03. The highest BCUT2D eigenvalue weighted by atomic mass is 16.5. The summed E-state index contributed by atoms with van der Waals surface area (Å²) in [5.74, 6) is 1.52. The highest BCUT2D eigenvalue weighted by molar-refractivity contribution is 5.92. The molecule has 0 N–H and O–H groups in total. The molecule has 1 atom stereocenters. The molecule has 3 heterocycles. The Kier molecular flexibility index (Phi) is 5.50. The van der Waals surface area contributed by atoms with Gasteiger partial charge in [-0.05, 0) is 26.8 Å². The Morgan fingerprint density at radius 3 is 2.76 bits per heavy atom. The molecule has 8 nitrogen and oxygen atoms in total. The predicted molar refractivity (Wildman–Crippen MR) is 89.0 cm³/mol. The highest BCUT2D eigenvalue weighted by Gasteiger charge is 2.26. The van der Waals surface area contributed by atoms with Gasteiger partial charge in [0, 0.05) is 38.3 Å². The monoisotopic (exact) mass is 348 g/mol. The van der Waals surface area contributed by atoms with Gasteiger partial charge in [-0.2, -0.15) is 4.98 Å². The number of piperazine rings is 1. The van der Waals surface area contributed by atoms with Crippen molar-refractivity contribution in [2.75, 3.05) is 32.8 Å². The van der Waals surface area contributed by atoms with E-state index in [2.05, 4.69) is 15.0 Å². The maximum absolute atomic E-state index is 12.4. The minimum Gasteiger partial charge on any atom is -0.459 e. The molecule has 0 saturated carbocycles. The van der Waals surface area contributed by atoms with Crippen LogP contribution in [0.5, 0.6) is 0 Å². The number of hydrogen-bond acceptors (Lipinski definition) is 7. The summed E-state index contributed by atoms with van der Waals surface area (Å²) in [5, 5.41) is 3.97. The van der Waals surface area contributed by atoms with E-state index in [-0.39, 0.29) is 12.0 Å². The van der Waals surface area contributed by atoms with E-state index in [0.717, 1.165) is 18.7 Å². The fourth-order valence-corrected chi connectivity index (χ4v) is 2.86. The molecule has 1 amide bonds. The van der Waals surface area contributed by atoms with Crippen molar-refractivity contribution in [3.05, 3.63) is 35.4 Å². The van der Waals surface area contributed by atoms with Crippen LogP contribution in [0.25, 0.3) is 0 Å². The number of amides is 1. The minimum absolute atomic E-state index is 0.0484. The Morgan fingerprint density at radius 1 is 1.36 bits per heavy atom. The highest BCUT2D eigenvalue weighted by Crippen LogP contribution is 2.16. The number of carbonyl (C=O) groups is 1. The van der Waals surface area contributed by atoms with Crippen molar-refractivity contribution < 1.29 is 18.5 Å². The van der Waals surface area contributed by atoms with E-state index in [1.165, 1.54) is 0 Å². The first-order valence-corrected chi connectivity index (χ1v) is 8.58. The molecule has 0 bridgehead atoms. The Morgan fingerprint density at radius 2 is 2.12 bits per heavy atom. The van der Waals surface area contributed by atoms with E-state index in [1.807, 2.05) is 25.7 Å². The molecule has 0 radical (unpaired) electrons. The molecule has 1 aliphatic heterocycles. The molecule has 136 valence electrons. The second-order valence-electron chi connectivity index (χ2n) is 6.14. The second-order valence-corrected chi connectivity index (χ2v) is 6.14. The standard InChI is InChI=1S/C17H24N4O4/c1-4-23-13(3)16-18-14(25-19-16)11-20-6-8-21(9-7-20)17(22)15-12(2)5-10-24-15/h5,10,13H,4,6-9,11H2,1-3H3. The summed E-state index contributed by atoms with van der Waals surface area (Å²) in [7, 11) is 0. The van der Waals surface area contributed by atoms with Crippen LogP contribution in [-0.4, -0.2) is 58.6 Å². The first-order chi connectivity index (χ1) is 12.1. The summed E-state index contributed by atoms with van der Waals surface area (Å²) in [6.07, 6.45) is 1.38. The van der Waals surface area contributed by atoms with Crippen LogP contribution in [0.2, 0.25) is 0 Å². The second kappa shape index (κ2) is 7.79. The van der Waals surface area contributed by atoms with Crippen molar-refractivity contribution >= 4 is 5.91 Å². The summed E-state index contributed by atoms with van der Waals surface area (Å²) in [5.41, 5.74) is 0.870. The SMILES string of the molecule is CCOC(C)c1noc(CN2CCN(C(=O)c3occc3C)CC2)n1.